The molecule has 110 valence electrons. The highest BCUT2D eigenvalue weighted by atomic mass is 79.9. The molecule has 0 radical (unpaired) electrons. The fourth-order valence-corrected chi connectivity index (χ4v) is 4.65. The van der Waals surface area contributed by atoms with Gasteiger partial charge in [0.2, 0.25) is 0 Å². The lowest BCUT2D eigenvalue weighted by Crippen LogP contribution is -2.33. The van der Waals surface area contributed by atoms with E-state index in [2.05, 4.69) is 55.4 Å². The standard InChI is InChI=1S/C16H21Br2NO/c17-12-4-5-15(14(18)10-12)19-11-13-6-9-16(20-13)7-2-1-3-8-16/h4-5,10,13,19H,1-3,6-9,11H2. The highest BCUT2D eigenvalue weighted by Gasteiger charge is 2.40. The van der Waals surface area contributed by atoms with E-state index in [4.69, 9.17) is 4.74 Å². The van der Waals surface area contributed by atoms with Crippen LogP contribution in [0.3, 0.4) is 0 Å². The summed E-state index contributed by atoms with van der Waals surface area (Å²) in [6.07, 6.45) is 9.43. The molecule has 1 aliphatic heterocycles. The highest BCUT2D eigenvalue weighted by Crippen LogP contribution is 2.42. The van der Waals surface area contributed by atoms with E-state index in [1.807, 2.05) is 0 Å². The summed E-state index contributed by atoms with van der Waals surface area (Å²) < 4.78 is 8.57. The van der Waals surface area contributed by atoms with Crippen molar-refractivity contribution in [3.05, 3.63) is 27.1 Å². The van der Waals surface area contributed by atoms with Gasteiger partial charge in [-0.05, 0) is 59.8 Å². The third kappa shape index (κ3) is 3.40. The van der Waals surface area contributed by atoms with Gasteiger partial charge in [-0.1, -0.05) is 35.2 Å². The Balaban J connectivity index is 1.54. The van der Waals surface area contributed by atoms with Crippen LogP contribution in [0.5, 0.6) is 0 Å². The van der Waals surface area contributed by atoms with Crippen molar-refractivity contribution in [1.82, 2.24) is 0 Å². The Morgan fingerprint density at radius 2 is 1.95 bits per heavy atom. The van der Waals surface area contributed by atoms with E-state index in [0.29, 0.717) is 6.10 Å². The number of ether oxygens (including phenoxy) is 1. The van der Waals surface area contributed by atoms with Crippen LogP contribution in [0, 0.1) is 0 Å². The first-order chi connectivity index (χ1) is 9.67. The second kappa shape index (κ2) is 6.37. The second-order valence-electron chi connectivity index (χ2n) is 6.03. The molecule has 2 aliphatic rings. The van der Waals surface area contributed by atoms with Crippen molar-refractivity contribution >= 4 is 37.5 Å². The quantitative estimate of drug-likeness (QED) is 0.719. The lowest BCUT2D eigenvalue weighted by Gasteiger charge is -2.33. The Morgan fingerprint density at radius 1 is 1.15 bits per heavy atom. The van der Waals surface area contributed by atoms with Crippen LogP contribution in [0.1, 0.15) is 44.9 Å². The number of benzene rings is 1. The van der Waals surface area contributed by atoms with Gasteiger partial charge in [-0.3, -0.25) is 0 Å². The van der Waals surface area contributed by atoms with Crippen LogP contribution in [0.2, 0.25) is 0 Å². The van der Waals surface area contributed by atoms with Crippen LogP contribution in [-0.2, 0) is 4.74 Å². The monoisotopic (exact) mass is 401 g/mol. The summed E-state index contributed by atoms with van der Waals surface area (Å²) in [6.45, 7) is 0.905. The number of nitrogens with one attached hydrogen (secondary N) is 1. The minimum absolute atomic E-state index is 0.224. The van der Waals surface area contributed by atoms with Crippen LogP contribution in [0.15, 0.2) is 27.1 Å². The van der Waals surface area contributed by atoms with E-state index in [1.165, 1.54) is 44.9 Å². The first kappa shape index (κ1) is 14.9. The summed E-state index contributed by atoms with van der Waals surface area (Å²) in [5.41, 5.74) is 1.36. The Morgan fingerprint density at radius 3 is 2.70 bits per heavy atom. The molecule has 1 atom stereocenters. The molecule has 0 amide bonds. The lowest BCUT2D eigenvalue weighted by molar-refractivity contribution is -0.0588. The second-order valence-corrected chi connectivity index (χ2v) is 7.80. The molecule has 1 saturated carbocycles. The molecule has 0 aromatic heterocycles. The molecule has 2 nitrogen and oxygen atoms in total. The number of rotatable bonds is 3. The van der Waals surface area contributed by atoms with Crippen LogP contribution in [-0.4, -0.2) is 18.2 Å². The number of anilines is 1. The molecule has 1 aromatic rings. The topological polar surface area (TPSA) is 21.3 Å². The maximum Gasteiger partial charge on any atom is 0.0756 e. The minimum atomic E-state index is 0.224. The third-order valence-electron chi connectivity index (χ3n) is 4.55. The van der Waals surface area contributed by atoms with Gasteiger partial charge in [-0.15, -0.1) is 0 Å². The minimum Gasteiger partial charge on any atom is -0.382 e. The van der Waals surface area contributed by atoms with Crippen molar-refractivity contribution in [3.63, 3.8) is 0 Å². The first-order valence-electron chi connectivity index (χ1n) is 7.54. The van der Waals surface area contributed by atoms with E-state index < -0.39 is 0 Å². The Bertz CT molecular complexity index is 472. The normalized spacial score (nSPS) is 25.0. The van der Waals surface area contributed by atoms with Gasteiger partial charge in [0.05, 0.1) is 11.7 Å². The Hall–Kier alpha value is -0.0600. The third-order valence-corrected chi connectivity index (χ3v) is 5.70. The van der Waals surface area contributed by atoms with Gasteiger partial charge in [0.25, 0.3) is 0 Å². The molecule has 3 rings (SSSR count). The van der Waals surface area contributed by atoms with Gasteiger partial charge in [0.15, 0.2) is 0 Å². The van der Waals surface area contributed by atoms with Crippen molar-refractivity contribution in [1.29, 1.82) is 0 Å². The van der Waals surface area contributed by atoms with Gasteiger partial charge in [-0.2, -0.15) is 0 Å². The fraction of sp³-hybridized carbons (Fsp3) is 0.625. The Labute approximate surface area is 137 Å². The van der Waals surface area contributed by atoms with Gasteiger partial charge < -0.3 is 10.1 Å². The average Bonchev–Trinajstić information content (AvgIpc) is 2.82. The summed E-state index contributed by atoms with van der Waals surface area (Å²) in [7, 11) is 0. The fourth-order valence-electron chi connectivity index (χ4n) is 3.46. The van der Waals surface area contributed by atoms with Crippen molar-refractivity contribution in [2.45, 2.75) is 56.7 Å². The molecule has 20 heavy (non-hydrogen) atoms. The van der Waals surface area contributed by atoms with Gasteiger partial charge in [-0.25, -0.2) is 0 Å². The highest BCUT2D eigenvalue weighted by molar-refractivity contribution is 9.11. The molecule has 1 saturated heterocycles. The molecule has 1 aliphatic carbocycles. The van der Waals surface area contributed by atoms with E-state index >= 15 is 0 Å². The lowest BCUT2D eigenvalue weighted by atomic mass is 9.83. The van der Waals surface area contributed by atoms with Crippen molar-refractivity contribution in [2.24, 2.45) is 0 Å². The molecule has 1 aromatic carbocycles. The molecular formula is C16H21Br2NO. The summed E-state index contributed by atoms with van der Waals surface area (Å²) >= 11 is 7.07. The number of hydrogen-bond acceptors (Lipinski definition) is 2. The van der Waals surface area contributed by atoms with Crippen LogP contribution in [0.25, 0.3) is 0 Å². The molecule has 1 spiro atoms. The van der Waals surface area contributed by atoms with E-state index in [9.17, 15) is 0 Å². The zero-order valence-electron chi connectivity index (χ0n) is 11.6. The molecule has 2 fully saturated rings. The summed E-state index contributed by atoms with van der Waals surface area (Å²) in [6, 6.07) is 6.23. The van der Waals surface area contributed by atoms with Gasteiger partial charge in [0.1, 0.15) is 0 Å². The van der Waals surface area contributed by atoms with Crippen LogP contribution in [0.4, 0.5) is 5.69 Å². The van der Waals surface area contributed by atoms with Crippen molar-refractivity contribution < 1.29 is 4.74 Å². The van der Waals surface area contributed by atoms with Crippen LogP contribution < -0.4 is 5.32 Å². The maximum absolute atomic E-state index is 6.39. The first-order valence-corrected chi connectivity index (χ1v) is 9.12. The number of halogens is 2. The molecule has 1 heterocycles. The maximum atomic E-state index is 6.39. The van der Waals surface area contributed by atoms with E-state index in [1.54, 1.807) is 0 Å². The summed E-state index contributed by atoms with van der Waals surface area (Å²) in [5, 5.41) is 3.51. The summed E-state index contributed by atoms with van der Waals surface area (Å²) in [5.74, 6) is 0. The van der Waals surface area contributed by atoms with E-state index in [0.717, 1.165) is 21.2 Å². The molecule has 0 bridgehead atoms. The number of hydrogen-bond donors (Lipinski definition) is 1. The van der Waals surface area contributed by atoms with Gasteiger partial charge in [0, 0.05) is 21.2 Å². The smallest absolute Gasteiger partial charge is 0.0756 e. The summed E-state index contributed by atoms with van der Waals surface area (Å²) in [4.78, 5) is 0. The predicted molar refractivity (Wildman–Crippen MR) is 90.3 cm³/mol. The van der Waals surface area contributed by atoms with Gasteiger partial charge >= 0.3 is 0 Å². The molecular weight excluding hydrogens is 382 g/mol. The SMILES string of the molecule is Brc1ccc(NCC2CCC3(CCCCC3)O2)c(Br)c1. The predicted octanol–water partition coefficient (Wildman–Crippen LogP) is 5.51. The Kier molecular flexibility index (Phi) is 4.73. The zero-order chi connectivity index (χ0) is 14.0. The zero-order valence-corrected chi connectivity index (χ0v) is 14.8. The molecule has 1 N–H and O–H groups in total. The molecule has 1 unspecified atom stereocenters. The largest absolute Gasteiger partial charge is 0.382 e. The van der Waals surface area contributed by atoms with Crippen molar-refractivity contribution in [2.75, 3.05) is 11.9 Å². The average molecular weight is 403 g/mol. The van der Waals surface area contributed by atoms with Crippen LogP contribution >= 0.6 is 31.9 Å². The molecule has 4 heteroatoms. The van der Waals surface area contributed by atoms with E-state index in [-0.39, 0.29) is 5.60 Å². The van der Waals surface area contributed by atoms with Crippen molar-refractivity contribution in [3.8, 4) is 0 Å².